The molecule has 1 atom stereocenters. The molecule has 9 heteroatoms. The van der Waals surface area contributed by atoms with Crippen LogP contribution in [0, 0.1) is 5.82 Å². The van der Waals surface area contributed by atoms with E-state index in [0.717, 1.165) is 5.56 Å². The average Bonchev–Trinajstić information content (AvgIpc) is 3.17. The van der Waals surface area contributed by atoms with Crippen molar-refractivity contribution >= 4 is 5.91 Å². The van der Waals surface area contributed by atoms with Crippen molar-refractivity contribution in [1.29, 1.82) is 0 Å². The van der Waals surface area contributed by atoms with Crippen LogP contribution < -0.4 is 0 Å². The molecular formula is C19H15F3N4O2. The number of nitrogens with zero attached hydrogens (tertiary/aromatic N) is 4. The van der Waals surface area contributed by atoms with E-state index >= 15 is 0 Å². The third kappa shape index (κ3) is 2.83. The molecule has 4 rings (SSSR count). The number of halogens is 3. The Balaban J connectivity index is 1.73. The summed E-state index contributed by atoms with van der Waals surface area (Å²) in [5.41, 5.74) is 1.23. The van der Waals surface area contributed by atoms with Gasteiger partial charge in [-0.25, -0.2) is 4.39 Å². The summed E-state index contributed by atoms with van der Waals surface area (Å²) in [5.74, 6) is -1.58. The molecule has 6 nitrogen and oxygen atoms in total. The first-order valence-electron chi connectivity index (χ1n) is 8.44. The van der Waals surface area contributed by atoms with Gasteiger partial charge >= 0.3 is 6.43 Å². The number of hydrogen-bond donors (Lipinski definition) is 0. The van der Waals surface area contributed by atoms with Gasteiger partial charge in [-0.2, -0.15) is 8.78 Å². The number of pyridine rings is 1. The molecule has 0 bridgehead atoms. The van der Waals surface area contributed by atoms with Crippen molar-refractivity contribution in [3.05, 3.63) is 65.1 Å². The predicted octanol–water partition coefficient (Wildman–Crippen LogP) is 3.75. The fourth-order valence-corrected chi connectivity index (χ4v) is 3.33. The summed E-state index contributed by atoms with van der Waals surface area (Å²) in [4.78, 5) is 18.9. The Labute approximate surface area is 158 Å². The van der Waals surface area contributed by atoms with Gasteiger partial charge in [0.2, 0.25) is 5.89 Å². The lowest BCUT2D eigenvalue weighted by Crippen LogP contribution is -2.50. The number of carbonyl (C=O) groups is 1. The van der Waals surface area contributed by atoms with E-state index in [-0.39, 0.29) is 23.2 Å². The zero-order chi connectivity index (χ0) is 20.1. The molecule has 0 radical (unpaired) electrons. The Hall–Kier alpha value is -3.23. The van der Waals surface area contributed by atoms with Crippen LogP contribution in [0.25, 0.3) is 11.5 Å². The number of carbonyl (C=O) groups excluding carboxylic acids is 1. The molecule has 1 unspecified atom stereocenters. The van der Waals surface area contributed by atoms with Gasteiger partial charge in [0.1, 0.15) is 5.82 Å². The van der Waals surface area contributed by atoms with Gasteiger partial charge in [-0.3, -0.25) is 9.78 Å². The van der Waals surface area contributed by atoms with E-state index in [1.54, 1.807) is 24.1 Å². The fourth-order valence-electron chi connectivity index (χ4n) is 3.33. The molecule has 0 fully saturated rings. The highest BCUT2D eigenvalue weighted by molar-refractivity contribution is 5.97. The van der Waals surface area contributed by atoms with Crippen LogP contribution in [0.15, 0.2) is 40.9 Å². The lowest BCUT2D eigenvalue weighted by molar-refractivity contribution is 0.0542. The highest BCUT2D eigenvalue weighted by Crippen LogP contribution is 2.38. The van der Waals surface area contributed by atoms with Crippen LogP contribution in [0.5, 0.6) is 0 Å². The lowest BCUT2D eigenvalue weighted by atomic mass is 9.81. The van der Waals surface area contributed by atoms with Crippen LogP contribution in [-0.2, 0) is 12.0 Å². The molecule has 0 saturated heterocycles. The second kappa shape index (κ2) is 6.43. The molecule has 0 saturated carbocycles. The SMILES string of the molecule is CN1C(=O)c2cc(-c3nnc(C(F)F)o3)cnc2CC1(C)c1ccc(F)cc1. The minimum atomic E-state index is -2.88. The fraction of sp³-hybridized carbons (Fsp3) is 0.263. The summed E-state index contributed by atoms with van der Waals surface area (Å²) in [7, 11) is 1.66. The summed E-state index contributed by atoms with van der Waals surface area (Å²) in [6.45, 7) is 1.88. The number of hydrogen-bond acceptors (Lipinski definition) is 5. The van der Waals surface area contributed by atoms with Gasteiger partial charge < -0.3 is 9.32 Å². The van der Waals surface area contributed by atoms with E-state index in [1.165, 1.54) is 24.4 Å². The summed E-state index contributed by atoms with van der Waals surface area (Å²) in [5, 5.41) is 6.88. The number of fused-ring (bicyclic) bond motifs is 1. The summed E-state index contributed by atoms with van der Waals surface area (Å²) < 4.78 is 43.5. The zero-order valence-corrected chi connectivity index (χ0v) is 15.0. The highest BCUT2D eigenvalue weighted by atomic mass is 19.3. The molecule has 0 aliphatic carbocycles. The molecule has 0 N–H and O–H groups in total. The van der Waals surface area contributed by atoms with Crippen molar-refractivity contribution in [2.45, 2.75) is 25.3 Å². The molecule has 1 amide bonds. The Morgan fingerprint density at radius 1 is 1.21 bits per heavy atom. The Bertz CT molecular complexity index is 1050. The number of alkyl halides is 2. The number of benzene rings is 1. The van der Waals surface area contributed by atoms with Crippen molar-refractivity contribution in [3.63, 3.8) is 0 Å². The van der Waals surface area contributed by atoms with Crippen molar-refractivity contribution in [2.24, 2.45) is 0 Å². The molecule has 0 spiro atoms. The van der Waals surface area contributed by atoms with Gasteiger partial charge in [0.15, 0.2) is 0 Å². The van der Waals surface area contributed by atoms with Crippen molar-refractivity contribution in [1.82, 2.24) is 20.1 Å². The second-order valence-electron chi connectivity index (χ2n) is 6.79. The van der Waals surface area contributed by atoms with Crippen LogP contribution in [0.1, 0.15) is 40.9 Å². The average molecular weight is 388 g/mol. The molecule has 3 aromatic rings. The monoisotopic (exact) mass is 388 g/mol. The maximum absolute atomic E-state index is 13.3. The van der Waals surface area contributed by atoms with Crippen molar-refractivity contribution < 1.29 is 22.4 Å². The number of amides is 1. The molecule has 2 aromatic heterocycles. The van der Waals surface area contributed by atoms with E-state index in [4.69, 9.17) is 4.42 Å². The van der Waals surface area contributed by atoms with E-state index in [0.29, 0.717) is 17.7 Å². The molecule has 1 aliphatic rings. The van der Waals surface area contributed by atoms with Crippen LogP contribution >= 0.6 is 0 Å². The van der Waals surface area contributed by atoms with Crippen LogP contribution in [-0.4, -0.2) is 33.0 Å². The van der Waals surface area contributed by atoms with Crippen molar-refractivity contribution in [2.75, 3.05) is 7.05 Å². The third-order valence-corrected chi connectivity index (χ3v) is 5.10. The molecule has 1 aliphatic heterocycles. The molecule has 3 heterocycles. The minimum Gasteiger partial charge on any atom is -0.415 e. The summed E-state index contributed by atoms with van der Waals surface area (Å²) >= 11 is 0. The largest absolute Gasteiger partial charge is 0.415 e. The van der Waals surface area contributed by atoms with Gasteiger partial charge in [0, 0.05) is 19.7 Å². The highest BCUT2D eigenvalue weighted by Gasteiger charge is 2.41. The Morgan fingerprint density at radius 2 is 1.93 bits per heavy atom. The maximum Gasteiger partial charge on any atom is 0.314 e. The molecular weight excluding hydrogens is 373 g/mol. The van der Waals surface area contributed by atoms with E-state index in [1.807, 2.05) is 6.92 Å². The van der Waals surface area contributed by atoms with E-state index in [9.17, 15) is 18.0 Å². The topological polar surface area (TPSA) is 72.1 Å². The first-order chi connectivity index (χ1) is 13.3. The standard InChI is InChI=1S/C19H15F3N4O2/c1-19(11-3-5-12(20)6-4-11)8-14-13(18(27)26(19)2)7-10(9-23-14)16-24-25-17(28-16)15(21)22/h3-7,9,15H,8H2,1-2H3. The third-order valence-electron chi connectivity index (χ3n) is 5.10. The first-order valence-corrected chi connectivity index (χ1v) is 8.44. The van der Waals surface area contributed by atoms with Gasteiger partial charge in [-0.15, -0.1) is 10.2 Å². The molecule has 28 heavy (non-hydrogen) atoms. The number of likely N-dealkylation sites (N-methyl/N-ethyl adjacent to an activating group) is 1. The van der Waals surface area contributed by atoms with Crippen LogP contribution in [0.3, 0.4) is 0 Å². The summed E-state index contributed by atoms with van der Waals surface area (Å²) in [6, 6.07) is 7.49. The second-order valence-corrected chi connectivity index (χ2v) is 6.79. The van der Waals surface area contributed by atoms with Gasteiger partial charge in [0.05, 0.1) is 22.4 Å². The van der Waals surface area contributed by atoms with Crippen LogP contribution in [0.2, 0.25) is 0 Å². The van der Waals surface area contributed by atoms with Gasteiger partial charge in [-0.1, -0.05) is 12.1 Å². The Kier molecular flexibility index (Phi) is 4.17. The van der Waals surface area contributed by atoms with E-state index in [2.05, 4.69) is 15.2 Å². The van der Waals surface area contributed by atoms with E-state index < -0.39 is 17.9 Å². The number of rotatable bonds is 3. The van der Waals surface area contributed by atoms with Crippen LogP contribution in [0.4, 0.5) is 13.2 Å². The molecule has 144 valence electrons. The van der Waals surface area contributed by atoms with Crippen molar-refractivity contribution in [3.8, 4) is 11.5 Å². The smallest absolute Gasteiger partial charge is 0.314 e. The Morgan fingerprint density at radius 3 is 2.57 bits per heavy atom. The zero-order valence-electron chi connectivity index (χ0n) is 15.0. The summed E-state index contributed by atoms with van der Waals surface area (Å²) in [6.07, 6.45) is -1.07. The normalized spacial score (nSPS) is 19.2. The first kappa shape index (κ1) is 18.1. The molecule has 1 aromatic carbocycles. The number of aromatic nitrogens is 3. The minimum absolute atomic E-state index is 0.132. The van der Waals surface area contributed by atoms with Gasteiger partial charge in [0.25, 0.3) is 11.8 Å². The predicted molar refractivity (Wildman–Crippen MR) is 92.0 cm³/mol. The maximum atomic E-state index is 13.3. The lowest BCUT2D eigenvalue weighted by Gasteiger charge is -2.43. The van der Waals surface area contributed by atoms with Gasteiger partial charge in [-0.05, 0) is 30.7 Å². The quantitative estimate of drug-likeness (QED) is 0.683.